The predicted molar refractivity (Wildman–Crippen MR) is 92.3 cm³/mol. The molecule has 2 nitrogen and oxygen atoms in total. The molecule has 0 spiro atoms. The van der Waals surface area contributed by atoms with E-state index in [-0.39, 0.29) is 30.0 Å². The zero-order chi connectivity index (χ0) is 18.9. The molecule has 4 aliphatic rings. The van der Waals surface area contributed by atoms with Crippen molar-refractivity contribution < 1.29 is 23.1 Å². The maximum absolute atomic E-state index is 13.9. The lowest BCUT2D eigenvalue weighted by Gasteiger charge is -2.55. The third-order valence-electron chi connectivity index (χ3n) is 8.01. The van der Waals surface area contributed by atoms with Gasteiger partial charge in [0.2, 0.25) is 0 Å². The van der Waals surface area contributed by atoms with E-state index in [2.05, 4.69) is 6.92 Å². The van der Waals surface area contributed by atoms with Crippen LogP contribution in [0.2, 0.25) is 0 Å². The molecule has 0 aromatic carbocycles. The van der Waals surface area contributed by atoms with Gasteiger partial charge in [0, 0.05) is 11.8 Å². The van der Waals surface area contributed by atoms with Crippen molar-refractivity contribution in [2.24, 2.45) is 23.2 Å². The Bertz CT molecular complexity index is 705. The molecule has 0 heterocycles. The Hall–Kier alpha value is -1.10. The molecule has 4 aliphatic carbocycles. The Kier molecular flexibility index (Phi) is 4.00. The van der Waals surface area contributed by atoms with Crippen LogP contribution in [0.4, 0.5) is 13.2 Å². The molecule has 0 saturated heterocycles. The van der Waals surface area contributed by atoms with Gasteiger partial charge in [0.05, 0.1) is 0 Å². The smallest absolute Gasteiger partial charge is 0.380 e. The first-order chi connectivity index (χ1) is 12.1. The van der Waals surface area contributed by atoms with Gasteiger partial charge in [-0.2, -0.15) is 13.2 Å². The summed E-state index contributed by atoms with van der Waals surface area (Å²) in [5, 5.41) is 10.8. The highest BCUT2D eigenvalue weighted by Crippen LogP contribution is 2.68. The van der Waals surface area contributed by atoms with Crippen molar-refractivity contribution in [3.8, 4) is 0 Å². The summed E-state index contributed by atoms with van der Waals surface area (Å²) in [7, 11) is 0. The quantitative estimate of drug-likeness (QED) is 0.697. The average Bonchev–Trinajstić information content (AvgIpc) is 2.89. The third kappa shape index (κ3) is 2.18. The standard InChI is InChI=1S/C21H27F3O2/c1-3-19-8-6-16-15-5-4-14(25)11-13(15)10-12(2)18(16)17(19)7-9-20(19,26)21(22,23)24/h11-12,17-18,26H,3-10H2,1-2H3/t12-,17?,18?,19?,20+/m0/s1. The fourth-order valence-corrected chi connectivity index (χ4v) is 6.91. The monoisotopic (exact) mass is 368 g/mol. The summed E-state index contributed by atoms with van der Waals surface area (Å²) in [5.74, 6) is 0.378. The van der Waals surface area contributed by atoms with E-state index in [1.54, 1.807) is 6.08 Å². The molecular formula is C21H27F3O2. The van der Waals surface area contributed by atoms with Crippen molar-refractivity contribution in [1.29, 1.82) is 0 Å². The van der Waals surface area contributed by atoms with Gasteiger partial charge in [0.1, 0.15) is 0 Å². The molecule has 5 heteroatoms. The minimum absolute atomic E-state index is 0.112. The van der Waals surface area contributed by atoms with Crippen LogP contribution in [0.1, 0.15) is 65.2 Å². The number of carbonyl (C=O) groups excluding carboxylic acids is 1. The number of allylic oxidation sites excluding steroid dienone is 4. The molecule has 26 heavy (non-hydrogen) atoms. The maximum Gasteiger partial charge on any atom is 0.417 e. The number of halogens is 3. The average molecular weight is 368 g/mol. The summed E-state index contributed by atoms with van der Waals surface area (Å²) in [6.07, 6.45) is 0.847. The van der Waals surface area contributed by atoms with Gasteiger partial charge in [-0.25, -0.2) is 0 Å². The van der Waals surface area contributed by atoms with E-state index < -0.39 is 17.2 Å². The van der Waals surface area contributed by atoms with Crippen molar-refractivity contribution in [3.05, 3.63) is 22.8 Å². The molecular weight excluding hydrogens is 341 g/mol. The van der Waals surface area contributed by atoms with E-state index >= 15 is 0 Å². The van der Waals surface area contributed by atoms with E-state index in [4.69, 9.17) is 0 Å². The summed E-state index contributed by atoms with van der Waals surface area (Å²) in [6, 6.07) is 0. The zero-order valence-electron chi connectivity index (χ0n) is 15.5. The number of alkyl halides is 3. The second-order valence-corrected chi connectivity index (χ2v) is 8.86. The van der Waals surface area contributed by atoms with E-state index in [9.17, 15) is 23.1 Å². The minimum atomic E-state index is -4.58. The van der Waals surface area contributed by atoms with E-state index in [1.165, 1.54) is 11.1 Å². The number of aliphatic hydroxyl groups is 1. The Labute approximate surface area is 152 Å². The molecule has 0 radical (unpaired) electrons. The SMILES string of the molecule is CCC12CCC3=C4CCC(=O)C=C4C[C@H](C)C3C1CC[C@]2(O)C(F)(F)F. The fourth-order valence-electron chi connectivity index (χ4n) is 6.91. The van der Waals surface area contributed by atoms with Crippen LogP contribution < -0.4 is 0 Å². The minimum Gasteiger partial charge on any atom is -0.380 e. The Morgan fingerprint density at radius 3 is 2.62 bits per heavy atom. The second-order valence-electron chi connectivity index (χ2n) is 8.86. The molecule has 2 saturated carbocycles. The van der Waals surface area contributed by atoms with Crippen molar-refractivity contribution in [2.45, 2.75) is 77.0 Å². The highest BCUT2D eigenvalue weighted by atomic mass is 19.4. The lowest BCUT2D eigenvalue weighted by molar-refractivity contribution is -0.303. The Balaban J connectivity index is 1.81. The normalized spacial score (nSPS) is 42.9. The topological polar surface area (TPSA) is 37.3 Å². The molecule has 2 fully saturated rings. The van der Waals surface area contributed by atoms with Crippen molar-refractivity contribution in [3.63, 3.8) is 0 Å². The molecule has 3 unspecified atom stereocenters. The summed E-state index contributed by atoms with van der Waals surface area (Å²) >= 11 is 0. The molecule has 5 atom stereocenters. The summed E-state index contributed by atoms with van der Waals surface area (Å²) in [4.78, 5) is 11.8. The maximum atomic E-state index is 13.9. The van der Waals surface area contributed by atoms with Gasteiger partial charge >= 0.3 is 6.18 Å². The summed E-state index contributed by atoms with van der Waals surface area (Å²) < 4.78 is 41.6. The van der Waals surface area contributed by atoms with Gasteiger partial charge in [-0.3, -0.25) is 4.79 Å². The van der Waals surface area contributed by atoms with E-state index in [0.29, 0.717) is 32.1 Å². The van der Waals surface area contributed by atoms with Crippen LogP contribution in [0.3, 0.4) is 0 Å². The first-order valence-corrected chi connectivity index (χ1v) is 9.89. The number of fused-ring (bicyclic) bond motifs is 4. The molecule has 0 bridgehead atoms. The number of rotatable bonds is 1. The van der Waals surface area contributed by atoms with Crippen LogP contribution in [0.25, 0.3) is 0 Å². The molecule has 144 valence electrons. The van der Waals surface area contributed by atoms with Gasteiger partial charge in [-0.15, -0.1) is 0 Å². The summed E-state index contributed by atoms with van der Waals surface area (Å²) in [6.45, 7) is 3.92. The predicted octanol–water partition coefficient (Wildman–Crippen LogP) is 5.12. The Morgan fingerprint density at radius 2 is 1.96 bits per heavy atom. The third-order valence-corrected chi connectivity index (χ3v) is 8.01. The van der Waals surface area contributed by atoms with Crippen LogP contribution in [0.5, 0.6) is 0 Å². The van der Waals surface area contributed by atoms with Gasteiger partial charge in [-0.05, 0) is 79.9 Å². The summed E-state index contributed by atoms with van der Waals surface area (Å²) in [5.41, 5.74) is 0.0319. The molecule has 0 amide bonds. The number of hydrogen-bond donors (Lipinski definition) is 1. The second kappa shape index (κ2) is 5.70. The van der Waals surface area contributed by atoms with Gasteiger partial charge in [0.15, 0.2) is 11.4 Å². The van der Waals surface area contributed by atoms with Crippen LogP contribution in [-0.2, 0) is 4.79 Å². The lowest BCUT2D eigenvalue weighted by atomic mass is 9.51. The van der Waals surface area contributed by atoms with Crippen LogP contribution >= 0.6 is 0 Å². The van der Waals surface area contributed by atoms with Gasteiger partial charge in [0.25, 0.3) is 0 Å². The van der Waals surface area contributed by atoms with Gasteiger partial charge < -0.3 is 5.11 Å². The number of ketones is 1. The van der Waals surface area contributed by atoms with Crippen molar-refractivity contribution in [1.82, 2.24) is 0 Å². The first-order valence-electron chi connectivity index (χ1n) is 9.89. The largest absolute Gasteiger partial charge is 0.417 e. The highest BCUT2D eigenvalue weighted by molar-refractivity contribution is 5.93. The molecule has 0 aliphatic heterocycles. The zero-order valence-corrected chi connectivity index (χ0v) is 15.5. The van der Waals surface area contributed by atoms with Crippen molar-refractivity contribution in [2.75, 3.05) is 0 Å². The first kappa shape index (κ1) is 18.3. The fraction of sp³-hybridized carbons (Fsp3) is 0.762. The van der Waals surface area contributed by atoms with Crippen LogP contribution in [0, 0.1) is 23.2 Å². The number of hydrogen-bond acceptors (Lipinski definition) is 2. The molecule has 0 aromatic heterocycles. The number of carbonyl (C=O) groups is 1. The molecule has 1 N–H and O–H groups in total. The van der Waals surface area contributed by atoms with E-state index in [1.807, 2.05) is 6.92 Å². The highest BCUT2D eigenvalue weighted by Gasteiger charge is 2.72. The Morgan fingerprint density at radius 1 is 1.23 bits per heavy atom. The van der Waals surface area contributed by atoms with E-state index in [0.717, 1.165) is 18.4 Å². The molecule has 4 rings (SSSR count). The van der Waals surface area contributed by atoms with Crippen LogP contribution in [-0.4, -0.2) is 22.7 Å². The van der Waals surface area contributed by atoms with Crippen molar-refractivity contribution >= 4 is 5.78 Å². The van der Waals surface area contributed by atoms with Gasteiger partial charge in [-0.1, -0.05) is 19.4 Å². The van der Waals surface area contributed by atoms with Crippen LogP contribution in [0.15, 0.2) is 22.8 Å². The molecule has 0 aromatic rings. The lowest BCUT2D eigenvalue weighted by Crippen LogP contribution is -2.59.